The molecular formula is C20H25N3O4. The summed E-state index contributed by atoms with van der Waals surface area (Å²) in [7, 11) is 3.11. The van der Waals surface area contributed by atoms with E-state index in [0.717, 1.165) is 19.6 Å². The topological polar surface area (TPSA) is 72.8 Å². The van der Waals surface area contributed by atoms with Crippen molar-refractivity contribution in [3.05, 3.63) is 34.7 Å². The van der Waals surface area contributed by atoms with Gasteiger partial charge >= 0.3 is 0 Å². The number of amides is 1. The molecule has 0 radical (unpaired) electrons. The van der Waals surface area contributed by atoms with E-state index in [1.165, 1.54) is 17.4 Å². The zero-order chi connectivity index (χ0) is 19.0. The molecule has 0 saturated carbocycles. The van der Waals surface area contributed by atoms with Gasteiger partial charge in [0.25, 0.3) is 5.56 Å². The minimum atomic E-state index is -0.198. The number of ether oxygens (including phenoxy) is 2. The van der Waals surface area contributed by atoms with Crippen molar-refractivity contribution in [3.63, 3.8) is 0 Å². The molecule has 2 atom stereocenters. The Bertz CT molecular complexity index is 909. The van der Waals surface area contributed by atoms with Gasteiger partial charge in [0.15, 0.2) is 11.5 Å². The van der Waals surface area contributed by atoms with Crippen molar-refractivity contribution in [2.75, 3.05) is 33.9 Å². The van der Waals surface area contributed by atoms with E-state index in [1.807, 2.05) is 4.90 Å². The highest BCUT2D eigenvalue weighted by molar-refractivity contribution is 5.90. The first-order valence-corrected chi connectivity index (χ1v) is 9.37. The van der Waals surface area contributed by atoms with Crippen LogP contribution < -0.4 is 20.3 Å². The molecule has 0 aliphatic carbocycles. The predicted octanol–water partition coefficient (Wildman–Crippen LogP) is 1.23. The number of pyridine rings is 1. The molecule has 2 unspecified atom stereocenters. The Labute approximate surface area is 157 Å². The Morgan fingerprint density at radius 2 is 2.04 bits per heavy atom. The van der Waals surface area contributed by atoms with Crippen molar-refractivity contribution < 1.29 is 14.3 Å². The van der Waals surface area contributed by atoms with E-state index in [-0.39, 0.29) is 18.0 Å². The lowest BCUT2D eigenvalue weighted by Gasteiger charge is -2.24. The van der Waals surface area contributed by atoms with E-state index in [0.29, 0.717) is 34.2 Å². The zero-order valence-electron chi connectivity index (χ0n) is 15.7. The van der Waals surface area contributed by atoms with Crippen LogP contribution in [0.4, 0.5) is 0 Å². The van der Waals surface area contributed by atoms with Crippen molar-refractivity contribution in [3.8, 4) is 11.5 Å². The molecule has 0 spiro atoms. The maximum absolute atomic E-state index is 12.9. The second-order valence-electron chi connectivity index (χ2n) is 7.27. The summed E-state index contributed by atoms with van der Waals surface area (Å²) in [5.41, 5.74) is -0.198. The molecule has 1 aromatic carbocycles. The molecule has 2 saturated heterocycles. The molecule has 4 rings (SSSR count). The fraction of sp³-hybridized carbons (Fsp3) is 0.500. The predicted molar refractivity (Wildman–Crippen MR) is 102 cm³/mol. The number of hydrogen-bond acceptors (Lipinski definition) is 5. The highest BCUT2D eigenvalue weighted by Crippen LogP contribution is 2.33. The summed E-state index contributed by atoms with van der Waals surface area (Å²) in [5.74, 6) is 1.63. The summed E-state index contributed by atoms with van der Waals surface area (Å²) in [4.78, 5) is 27.5. The number of benzene rings is 1. The van der Waals surface area contributed by atoms with Gasteiger partial charge in [0.05, 0.1) is 19.6 Å². The van der Waals surface area contributed by atoms with E-state index < -0.39 is 0 Å². The Morgan fingerprint density at radius 3 is 2.78 bits per heavy atom. The number of nitrogens with zero attached hydrogens (tertiary/aromatic N) is 2. The number of rotatable bonds is 4. The average Bonchev–Trinajstić information content (AvgIpc) is 3.13. The first kappa shape index (κ1) is 17.9. The van der Waals surface area contributed by atoms with Gasteiger partial charge in [0, 0.05) is 30.7 Å². The summed E-state index contributed by atoms with van der Waals surface area (Å²) in [6.07, 6.45) is 3.99. The molecular weight excluding hydrogens is 346 g/mol. The second-order valence-corrected chi connectivity index (χ2v) is 7.27. The van der Waals surface area contributed by atoms with Crippen molar-refractivity contribution in [1.29, 1.82) is 0 Å². The van der Waals surface area contributed by atoms with E-state index >= 15 is 0 Å². The zero-order valence-corrected chi connectivity index (χ0v) is 15.7. The van der Waals surface area contributed by atoms with Gasteiger partial charge < -0.3 is 24.3 Å². The first-order valence-electron chi connectivity index (χ1n) is 9.37. The SMILES string of the molecule is COc1ccc2c(=O)n(CC(=O)N3CC4CCCNC4C3)ccc2c1OC. The van der Waals surface area contributed by atoms with Gasteiger partial charge in [-0.3, -0.25) is 9.59 Å². The van der Waals surface area contributed by atoms with Gasteiger partial charge in [0.1, 0.15) is 6.54 Å². The summed E-state index contributed by atoms with van der Waals surface area (Å²) < 4.78 is 12.2. The number of carbonyl (C=O) groups is 1. The van der Waals surface area contributed by atoms with Crippen molar-refractivity contribution >= 4 is 16.7 Å². The van der Waals surface area contributed by atoms with Crippen LogP contribution in [0.15, 0.2) is 29.2 Å². The van der Waals surface area contributed by atoms with Crippen LogP contribution in [-0.2, 0) is 11.3 Å². The number of carbonyl (C=O) groups excluding carboxylic acids is 1. The summed E-state index contributed by atoms with van der Waals surface area (Å²) >= 11 is 0. The van der Waals surface area contributed by atoms with E-state index in [4.69, 9.17) is 9.47 Å². The molecule has 2 aromatic rings. The van der Waals surface area contributed by atoms with Gasteiger partial charge in [-0.15, -0.1) is 0 Å². The van der Waals surface area contributed by atoms with Gasteiger partial charge in [-0.2, -0.15) is 0 Å². The Kier molecular flexibility index (Phi) is 4.78. The van der Waals surface area contributed by atoms with Crippen LogP contribution in [0.5, 0.6) is 11.5 Å². The molecule has 7 nitrogen and oxygen atoms in total. The van der Waals surface area contributed by atoms with Crippen LogP contribution in [0.3, 0.4) is 0 Å². The lowest BCUT2D eigenvalue weighted by molar-refractivity contribution is -0.131. The third-order valence-electron chi connectivity index (χ3n) is 5.75. The van der Waals surface area contributed by atoms with Crippen molar-refractivity contribution in [2.24, 2.45) is 5.92 Å². The molecule has 2 aliphatic heterocycles. The fourth-order valence-electron chi connectivity index (χ4n) is 4.31. The number of methoxy groups -OCH3 is 2. The van der Waals surface area contributed by atoms with E-state index in [1.54, 1.807) is 38.6 Å². The minimum Gasteiger partial charge on any atom is -0.493 e. The van der Waals surface area contributed by atoms with Gasteiger partial charge in [-0.25, -0.2) is 0 Å². The monoisotopic (exact) mass is 371 g/mol. The van der Waals surface area contributed by atoms with Gasteiger partial charge in [0.2, 0.25) is 5.91 Å². The van der Waals surface area contributed by atoms with E-state index in [9.17, 15) is 9.59 Å². The quantitative estimate of drug-likeness (QED) is 0.875. The van der Waals surface area contributed by atoms with Gasteiger partial charge in [-0.05, 0) is 43.5 Å². The fourth-order valence-corrected chi connectivity index (χ4v) is 4.31. The molecule has 7 heteroatoms. The molecule has 27 heavy (non-hydrogen) atoms. The minimum absolute atomic E-state index is 0.00636. The molecule has 144 valence electrons. The normalized spacial score (nSPS) is 21.9. The highest BCUT2D eigenvalue weighted by Gasteiger charge is 2.36. The van der Waals surface area contributed by atoms with Crippen LogP contribution in [0.1, 0.15) is 12.8 Å². The maximum Gasteiger partial charge on any atom is 0.259 e. The van der Waals surface area contributed by atoms with Crippen LogP contribution in [-0.4, -0.2) is 55.3 Å². The molecule has 2 fully saturated rings. The number of fused-ring (bicyclic) bond motifs is 2. The highest BCUT2D eigenvalue weighted by atomic mass is 16.5. The van der Waals surface area contributed by atoms with Crippen LogP contribution in [0, 0.1) is 5.92 Å². The van der Waals surface area contributed by atoms with Crippen molar-refractivity contribution in [2.45, 2.75) is 25.4 Å². The Morgan fingerprint density at radius 1 is 1.19 bits per heavy atom. The molecule has 1 amide bonds. The molecule has 0 bridgehead atoms. The van der Waals surface area contributed by atoms with Gasteiger partial charge in [-0.1, -0.05) is 0 Å². The summed E-state index contributed by atoms with van der Waals surface area (Å²) in [6, 6.07) is 5.63. The summed E-state index contributed by atoms with van der Waals surface area (Å²) in [5, 5.41) is 4.70. The molecule has 3 heterocycles. The standard InChI is InChI=1S/C20H25N3O4/c1-26-17-6-5-15-14(19(17)27-2)7-9-22(20(15)25)12-18(24)23-10-13-4-3-8-21-16(13)11-23/h5-7,9,13,16,21H,3-4,8,10-12H2,1-2H3. The lowest BCUT2D eigenvalue weighted by atomic mass is 9.94. The number of aromatic nitrogens is 1. The largest absolute Gasteiger partial charge is 0.493 e. The first-order chi connectivity index (χ1) is 13.1. The lowest BCUT2D eigenvalue weighted by Crippen LogP contribution is -2.41. The molecule has 1 N–H and O–H groups in total. The molecule has 2 aliphatic rings. The number of hydrogen-bond donors (Lipinski definition) is 1. The van der Waals surface area contributed by atoms with Crippen LogP contribution >= 0.6 is 0 Å². The maximum atomic E-state index is 12.9. The number of piperidine rings is 1. The summed E-state index contributed by atoms with van der Waals surface area (Å²) in [6.45, 7) is 2.60. The van der Waals surface area contributed by atoms with Crippen LogP contribution in [0.2, 0.25) is 0 Å². The number of nitrogens with one attached hydrogen (secondary N) is 1. The second kappa shape index (κ2) is 7.23. The Balaban J connectivity index is 1.58. The smallest absolute Gasteiger partial charge is 0.259 e. The third-order valence-corrected chi connectivity index (χ3v) is 5.75. The Hall–Kier alpha value is -2.54. The third kappa shape index (κ3) is 3.16. The van der Waals surface area contributed by atoms with Crippen LogP contribution in [0.25, 0.3) is 10.8 Å². The van der Waals surface area contributed by atoms with Crippen molar-refractivity contribution in [1.82, 2.24) is 14.8 Å². The van der Waals surface area contributed by atoms with E-state index in [2.05, 4.69) is 5.32 Å². The number of likely N-dealkylation sites (tertiary alicyclic amines) is 1. The molecule has 1 aromatic heterocycles. The average molecular weight is 371 g/mol.